The molecule has 0 radical (unpaired) electrons. The van der Waals surface area contributed by atoms with Gasteiger partial charge in [-0.05, 0) is 13.5 Å². The Morgan fingerprint density at radius 1 is 0.944 bits per heavy atom. The maximum atomic E-state index is 10.7. The van der Waals surface area contributed by atoms with Crippen molar-refractivity contribution >= 4 is 0 Å². The minimum Gasteiger partial charge on any atom is -0.395 e. The first-order valence-corrected chi connectivity index (χ1v) is 11.8. The molecule has 4 aliphatic rings. The van der Waals surface area contributed by atoms with Crippen LogP contribution in [-0.2, 0) is 23.7 Å². The summed E-state index contributed by atoms with van der Waals surface area (Å²) in [5.74, 6) is -2.48. The lowest BCUT2D eigenvalue weighted by molar-refractivity contribution is -0.439. The van der Waals surface area contributed by atoms with Gasteiger partial charge in [-0.3, -0.25) is 0 Å². The molecular formula is C20H37N3O13. The predicted molar refractivity (Wildman–Crippen MR) is 115 cm³/mol. The quantitative estimate of drug-likeness (QED) is 0.153. The number of rotatable bonds is 6. The summed E-state index contributed by atoms with van der Waals surface area (Å²) >= 11 is 0. The van der Waals surface area contributed by atoms with Crippen LogP contribution in [0.25, 0.3) is 0 Å². The van der Waals surface area contributed by atoms with E-state index < -0.39 is 111 Å². The van der Waals surface area contributed by atoms with Crippen molar-refractivity contribution in [3.05, 3.63) is 0 Å². The van der Waals surface area contributed by atoms with E-state index in [0.717, 1.165) is 0 Å². The Morgan fingerprint density at radius 3 is 2.22 bits per heavy atom. The van der Waals surface area contributed by atoms with Gasteiger partial charge >= 0.3 is 5.97 Å². The van der Waals surface area contributed by atoms with Crippen LogP contribution in [0.15, 0.2) is 0 Å². The highest BCUT2D eigenvalue weighted by Gasteiger charge is 2.67. The molecule has 1 saturated carbocycles. The average molecular weight is 528 g/mol. The molecule has 0 aromatic carbocycles. The molecule has 16 heteroatoms. The molecule has 0 amide bonds. The van der Waals surface area contributed by atoms with Crippen molar-refractivity contribution in [1.82, 2.24) is 5.32 Å². The van der Waals surface area contributed by atoms with Gasteiger partial charge in [-0.15, -0.1) is 0 Å². The van der Waals surface area contributed by atoms with E-state index in [2.05, 4.69) is 5.32 Å². The molecule has 16 atom stereocenters. The van der Waals surface area contributed by atoms with Gasteiger partial charge in [0, 0.05) is 12.1 Å². The van der Waals surface area contributed by atoms with Crippen molar-refractivity contribution in [2.45, 2.75) is 104 Å². The number of nitrogens with one attached hydrogen (secondary N) is 1. The van der Waals surface area contributed by atoms with E-state index in [1.165, 1.54) is 0 Å². The zero-order chi connectivity index (χ0) is 26.5. The summed E-state index contributed by atoms with van der Waals surface area (Å²) in [6.07, 6.45) is -17.7. The standard InChI is InChI=1S/C20H37N3O13/c1-23-7-2-5(21)9(26)15(10(7)27)33-19-17-16(11(28)8(4-25)32-19)35-20(36-17)18(31)13(30)12(29)14(34-20)6(22)3-24/h5-19,23-31H,2-4,21-22H2,1H3/t5-,6+,7+,8-,9+,10-,11+,12-,13-,14-,15-,16+,17+,18-,19+,20-/m1/s1. The molecule has 4 fully saturated rings. The van der Waals surface area contributed by atoms with E-state index in [9.17, 15) is 40.9 Å². The van der Waals surface area contributed by atoms with Gasteiger partial charge in [0.1, 0.15) is 48.8 Å². The van der Waals surface area contributed by atoms with E-state index in [0.29, 0.717) is 0 Å². The highest BCUT2D eigenvalue weighted by Crippen LogP contribution is 2.45. The van der Waals surface area contributed by atoms with Gasteiger partial charge in [0.15, 0.2) is 12.4 Å². The SMILES string of the molecule is CN[C@H]1C[C@@H](N)[C@H](O)[C@@H](O[C@@H]2O[C@H](CO)[C@H](O)[C@@H]3O[C@]4(O[C@H]23)O[C@H]([C@@H](N)CO)[C@H](O)[C@@H](O)[C@H]4O)[C@@H]1O. The van der Waals surface area contributed by atoms with Crippen molar-refractivity contribution in [2.24, 2.45) is 11.5 Å². The van der Waals surface area contributed by atoms with Crippen molar-refractivity contribution in [3.8, 4) is 0 Å². The van der Waals surface area contributed by atoms with E-state index in [-0.39, 0.29) is 6.42 Å². The smallest absolute Gasteiger partial charge is 0.314 e. The molecule has 3 saturated heterocycles. The normalized spacial score (nSPS) is 54.4. The third kappa shape index (κ3) is 4.68. The first-order chi connectivity index (χ1) is 17.0. The Labute approximate surface area is 206 Å². The number of ether oxygens (including phenoxy) is 5. The third-order valence-electron chi connectivity index (χ3n) is 7.42. The van der Waals surface area contributed by atoms with Crippen LogP contribution >= 0.6 is 0 Å². The second kappa shape index (κ2) is 10.9. The predicted octanol–water partition coefficient (Wildman–Crippen LogP) is -7.27. The maximum absolute atomic E-state index is 10.7. The molecule has 210 valence electrons. The van der Waals surface area contributed by atoms with Crippen molar-refractivity contribution in [3.63, 3.8) is 0 Å². The molecule has 4 rings (SSSR count). The summed E-state index contributed by atoms with van der Waals surface area (Å²) in [7, 11) is 1.60. The van der Waals surface area contributed by atoms with Gasteiger partial charge < -0.3 is 81.3 Å². The summed E-state index contributed by atoms with van der Waals surface area (Å²) in [6.45, 7) is -1.33. The topological polar surface area (TPSA) is 272 Å². The summed E-state index contributed by atoms with van der Waals surface area (Å²) < 4.78 is 28.7. The first kappa shape index (κ1) is 28.4. The molecule has 1 spiro atoms. The Morgan fingerprint density at radius 2 is 1.61 bits per heavy atom. The number of fused-ring (bicyclic) bond motifs is 1. The largest absolute Gasteiger partial charge is 0.395 e. The van der Waals surface area contributed by atoms with E-state index in [1.807, 2.05) is 0 Å². The zero-order valence-electron chi connectivity index (χ0n) is 19.6. The first-order valence-electron chi connectivity index (χ1n) is 11.8. The Bertz CT molecular complexity index is 756. The van der Waals surface area contributed by atoms with E-state index in [1.54, 1.807) is 7.05 Å². The molecule has 16 nitrogen and oxygen atoms in total. The molecular weight excluding hydrogens is 490 g/mol. The van der Waals surface area contributed by atoms with Gasteiger partial charge in [-0.25, -0.2) is 0 Å². The lowest BCUT2D eigenvalue weighted by atomic mass is 9.84. The fraction of sp³-hybridized carbons (Fsp3) is 1.00. The summed E-state index contributed by atoms with van der Waals surface area (Å²) in [5.41, 5.74) is 11.8. The van der Waals surface area contributed by atoms with Crippen LogP contribution in [0.5, 0.6) is 0 Å². The molecule has 0 aromatic rings. The molecule has 0 bridgehead atoms. The fourth-order valence-corrected chi connectivity index (χ4v) is 5.23. The van der Waals surface area contributed by atoms with Crippen molar-refractivity contribution in [2.75, 3.05) is 20.3 Å². The Hall–Kier alpha value is -0.640. The van der Waals surface area contributed by atoms with Gasteiger partial charge in [0.2, 0.25) is 0 Å². The molecule has 1 aliphatic carbocycles. The van der Waals surface area contributed by atoms with Gasteiger partial charge in [-0.2, -0.15) is 0 Å². The minimum atomic E-state index is -2.48. The number of aliphatic hydroxyl groups excluding tert-OH is 8. The minimum absolute atomic E-state index is 0.254. The summed E-state index contributed by atoms with van der Waals surface area (Å²) in [5, 5.41) is 85.6. The number of nitrogens with two attached hydrogens (primary N) is 2. The van der Waals surface area contributed by atoms with Crippen LogP contribution in [0, 0.1) is 0 Å². The molecule has 3 aliphatic heterocycles. The van der Waals surface area contributed by atoms with Crippen LogP contribution < -0.4 is 16.8 Å². The van der Waals surface area contributed by atoms with Crippen LogP contribution in [0.4, 0.5) is 0 Å². The van der Waals surface area contributed by atoms with E-state index in [4.69, 9.17) is 35.2 Å². The lowest BCUT2D eigenvalue weighted by Gasteiger charge is -2.46. The summed E-state index contributed by atoms with van der Waals surface area (Å²) in [4.78, 5) is 0. The third-order valence-corrected chi connectivity index (χ3v) is 7.42. The monoisotopic (exact) mass is 527 g/mol. The molecule has 3 heterocycles. The molecule has 0 aromatic heterocycles. The number of hydrogen-bond donors (Lipinski definition) is 11. The molecule has 36 heavy (non-hydrogen) atoms. The van der Waals surface area contributed by atoms with Gasteiger partial charge in [-0.1, -0.05) is 0 Å². The average Bonchev–Trinajstić information content (AvgIpc) is 3.27. The Kier molecular flexibility index (Phi) is 8.55. The number of likely N-dealkylation sites (N-methyl/N-ethyl adjacent to an activating group) is 1. The highest BCUT2D eigenvalue weighted by atomic mass is 16.9. The van der Waals surface area contributed by atoms with E-state index >= 15 is 0 Å². The molecule has 0 unspecified atom stereocenters. The fourth-order valence-electron chi connectivity index (χ4n) is 5.23. The second-order valence-corrected chi connectivity index (χ2v) is 9.72. The zero-order valence-corrected chi connectivity index (χ0v) is 19.6. The van der Waals surface area contributed by atoms with Crippen molar-refractivity contribution in [1.29, 1.82) is 0 Å². The van der Waals surface area contributed by atoms with Crippen LogP contribution in [-0.4, -0.2) is 159 Å². The lowest BCUT2D eigenvalue weighted by Crippen LogP contribution is -2.69. The van der Waals surface area contributed by atoms with Crippen molar-refractivity contribution < 1.29 is 64.5 Å². The van der Waals surface area contributed by atoms with Gasteiger partial charge in [0.05, 0.1) is 31.5 Å². The molecule has 13 N–H and O–H groups in total. The second-order valence-electron chi connectivity index (χ2n) is 9.72. The van der Waals surface area contributed by atoms with Gasteiger partial charge in [0.25, 0.3) is 0 Å². The Balaban J connectivity index is 1.62. The van der Waals surface area contributed by atoms with Crippen LogP contribution in [0.3, 0.4) is 0 Å². The van der Waals surface area contributed by atoms with Crippen LogP contribution in [0.2, 0.25) is 0 Å². The number of aliphatic hydroxyl groups is 8. The summed E-state index contributed by atoms with van der Waals surface area (Å²) in [6, 6.07) is -2.50. The highest BCUT2D eigenvalue weighted by molar-refractivity contribution is 5.05. The number of hydrogen-bond acceptors (Lipinski definition) is 16. The maximum Gasteiger partial charge on any atom is 0.314 e. The van der Waals surface area contributed by atoms with Crippen LogP contribution in [0.1, 0.15) is 6.42 Å².